The number of ether oxygens (including phenoxy) is 1. The van der Waals surface area contributed by atoms with E-state index < -0.39 is 5.41 Å². The summed E-state index contributed by atoms with van der Waals surface area (Å²) in [6.45, 7) is 2.21. The van der Waals surface area contributed by atoms with Crippen LogP contribution in [-0.4, -0.2) is 23.2 Å². The van der Waals surface area contributed by atoms with Gasteiger partial charge in [-0.2, -0.15) is 0 Å². The number of para-hydroxylation sites is 1. The molecule has 6 nitrogen and oxygen atoms in total. The Morgan fingerprint density at radius 2 is 1.92 bits per heavy atom. The molecule has 1 heterocycles. The van der Waals surface area contributed by atoms with Gasteiger partial charge in [0, 0.05) is 12.0 Å². The molecular formula is C19H25N3O3. The number of rotatable bonds is 6. The summed E-state index contributed by atoms with van der Waals surface area (Å²) in [5.74, 6) is 1.80. The Morgan fingerprint density at radius 1 is 1.20 bits per heavy atom. The average molecular weight is 343 g/mol. The number of carbonyl (C=O) groups is 1. The van der Waals surface area contributed by atoms with E-state index in [1.54, 1.807) is 7.11 Å². The van der Waals surface area contributed by atoms with E-state index in [0.717, 1.165) is 43.4 Å². The maximum absolute atomic E-state index is 13.2. The molecule has 0 bridgehead atoms. The first-order chi connectivity index (χ1) is 12.2. The number of hydrogen-bond acceptors (Lipinski definition) is 5. The molecule has 0 aliphatic heterocycles. The molecule has 25 heavy (non-hydrogen) atoms. The van der Waals surface area contributed by atoms with Gasteiger partial charge in [-0.25, -0.2) is 0 Å². The molecule has 1 amide bonds. The minimum atomic E-state index is -0.557. The first-order valence-electron chi connectivity index (χ1n) is 8.92. The quantitative estimate of drug-likeness (QED) is 0.872. The van der Waals surface area contributed by atoms with Gasteiger partial charge in [-0.15, -0.1) is 10.2 Å². The molecule has 0 saturated heterocycles. The zero-order chi connectivity index (χ0) is 17.7. The van der Waals surface area contributed by atoms with E-state index in [0.29, 0.717) is 18.2 Å². The lowest BCUT2D eigenvalue weighted by molar-refractivity contribution is -0.128. The van der Waals surface area contributed by atoms with Crippen molar-refractivity contribution in [2.24, 2.45) is 0 Å². The summed E-state index contributed by atoms with van der Waals surface area (Å²) < 4.78 is 11.0. The van der Waals surface area contributed by atoms with E-state index in [1.165, 1.54) is 0 Å². The van der Waals surface area contributed by atoms with Crippen molar-refractivity contribution < 1.29 is 13.9 Å². The van der Waals surface area contributed by atoms with Gasteiger partial charge in [0.2, 0.25) is 17.7 Å². The number of hydrogen-bond donors (Lipinski definition) is 1. The maximum Gasteiger partial charge on any atom is 0.235 e. The molecule has 134 valence electrons. The van der Waals surface area contributed by atoms with Gasteiger partial charge in [-0.05, 0) is 18.9 Å². The number of amides is 1. The van der Waals surface area contributed by atoms with Gasteiger partial charge >= 0.3 is 0 Å². The second-order valence-corrected chi connectivity index (χ2v) is 6.47. The maximum atomic E-state index is 13.2. The number of aromatic nitrogens is 2. The van der Waals surface area contributed by atoms with Crippen molar-refractivity contribution in [1.82, 2.24) is 15.5 Å². The van der Waals surface area contributed by atoms with Crippen molar-refractivity contribution in [3.8, 4) is 5.75 Å². The molecule has 1 aromatic carbocycles. The van der Waals surface area contributed by atoms with Crippen molar-refractivity contribution >= 4 is 5.91 Å². The Labute approximate surface area is 148 Å². The van der Waals surface area contributed by atoms with E-state index in [1.807, 2.05) is 31.2 Å². The third-order valence-corrected chi connectivity index (χ3v) is 4.98. The minimum Gasteiger partial charge on any atom is -0.496 e. The fourth-order valence-corrected chi connectivity index (χ4v) is 3.64. The highest BCUT2D eigenvalue weighted by Gasteiger charge is 2.42. The van der Waals surface area contributed by atoms with Gasteiger partial charge in [0.1, 0.15) is 5.75 Å². The topological polar surface area (TPSA) is 77.2 Å². The highest BCUT2D eigenvalue weighted by molar-refractivity contribution is 5.89. The second-order valence-electron chi connectivity index (χ2n) is 6.47. The Kier molecular flexibility index (Phi) is 5.36. The van der Waals surface area contributed by atoms with Crippen LogP contribution >= 0.6 is 0 Å². The zero-order valence-electron chi connectivity index (χ0n) is 14.9. The molecule has 2 aromatic rings. The summed E-state index contributed by atoms with van der Waals surface area (Å²) in [5, 5.41) is 10.9. The third kappa shape index (κ3) is 3.52. The van der Waals surface area contributed by atoms with Crippen molar-refractivity contribution in [2.75, 3.05) is 7.11 Å². The van der Waals surface area contributed by atoms with Crippen LogP contribution in [0.25, 0.3) is 0 Å². The van der Waals surface area contributed by atoms with Crippen LogP contribution in [0.2, 0.25) is 0 Å². The fourth-order valence-electron chi connectivity index (χ4n) is 3.64. The van der Waals surface area contributed by atoms with Gasteiger partial charge in [0.25, 0.3) is 0 Å². The summed E-state index contributed by atoms with van der Waals surface area (Å²) in [6, 6.07) is 7.82. The van der Waals surface area contributed by atoms with Gasteiger partial charge in [-0.3, -0.25) is 4.79 Å². The van der Waals surface area contributed by atoms with E-state index in [-0.39, 0.29) is 12.5 Å². The van der Waals surface area contributed by atoms with Crippen LogP contribution in [0, 0.1) is 0 Å². The van der Waals surface area contributed by atoms with Crippen LogP contribution in [0.3, 0.4) is 0 Å². The summed E-state index contributed by atoms with van der Waals surface area (Å²) in [6.07, 6.45) is 5.56. The first kappa shape index (κ1) is 17.5. The molecular weight excluding hydrogens is 318 g/mol. The average Bonchev–Trinajstić information content (AvgIpc) is 3.14. The van der Waals surface area contributed by atoms with E-state index in [2.05, 4.69) is 15.5 Å². The number of aryl methyl sites for hydroxylation is 1. The third-order valence-electron chi connectivity index (χ3n) is 4.98. The van der Waals surface area contributed by atoms with E-state index in [9.17, 15) is 4.79 Å². The smallest absolute Gasteiger partial charge is 0.235 e. The Bertz CT molecular complexity index is 720. The van der Waals surface area contributed by atoms with Crippen LogP contribution < -0.4 is 10.1 Å². The molecule has 6 heteroatoms. The highest BCUT2D eigenvalue weighted by Crippen LogP contribution is 2.43. The minimum absolute atomic E-state index is 0.00736. The molecule has 0 radical (unpaired) electrons. The highest BCUT2D eigenvalue weighted by atomic mass is 16.5. The lowest BCUT2D eigenvalue weighted by Gasteiger charge is -2.37. The van der Waals surface area contributed by atoms with Gasteiger partial charge in [0.05, 0.1) is 19.1 Å². The molecule has 1 aromatic heterocycles. The fraction of sp³-hybridized carbons (Fsp3) is 0.526. The summed E-state index contributed by atoms with van der Waals surface area (Å²) >= 11 is 0. The zero-order valence-corrected chi connectivity index (χ0v) is 14.9. The van der Waals surface area contributed by atoms with Crippen LogP contribution in [0.15, 0.2) is 28.7 Å². The Hall–Kier alpha value is -2.37. The van der Waals surface area contributed by atoms with Crippen LogP contribution in [0.4, 0.5) is 0 Å². The van der Waals surface area contributed by atoms with Crippen LogP contribution in [-0.2, 0) is 23.2 Å². The lowest BCUT2D eigenvalue weighted by Crippen LogP contribution is -2.45. The predicted molar refractivity (Wildman–Crippen MR) is 93.3 cm³/mol. The Balaban J connectivity index is 1.83. The van der Waals surface area contributed by atoms with Crippen LogP contribution in [0.5, 0.6) is 5.75 Å². The van der Waals surface area contributed by atoms with Crippen molar-refractivity contribution in [3.63, 3.8) is 0 Å². The predicted octanol–water partition coefficient (Wildman–Crippen LogP) is 3.16. The summed E-state index contributed by atoms with van der Waals surface area (Å²) in [4.78, 5) is 13.2. The van der Waals surface area contributed by atoms with Gasteiger partial charge in [0.15, 0.2) is 0 Å². The Morgan fingerprint density at radius 3 is 2.60 bits per heavy atom. The monoisotopic (exact) mass is 343 g/mol. The molecule has 0 spiro atoms. The molecule has 0 unspecified atom stereocenters. The summed E-state index contributed by atoms with van der Waals surface area (Å²) in [7, 11) is 1.65. The lowest BCUT2D eigenvalue weighted by atomic mass is 9.68. The van der Waals surface area contributed by atoms with Crippen molar-refractivity contribution in [1.29, 1.82) is 0 Å². The largest absolute Gasteiger partial charge is 0.496 e. The molecule has 1 N–H and O–H groups in total. The molecule has 1 aliphatic rings. The number of carbonyl (C=O) groups excluding carboxylic acids is 1. The molecule has 1 saturated carbocycles. The SMILES string of the molecule is CCc1nnc(CNC(=O)C2(c3ccccc3OC)CCCCC2)o1. The van der Waals surface area contributed by atoms with Crippen molar-refractivity contribution in [2.45, 2.75) is 57.4 Å². The van der Waals surface area contributed by atoms with E-state index in [4.69, 9.17) is 9.15 Å². The number of nitrogens with zero attached hydrogens (tertiary/aromatic N) is 2. The molecule has 3 rings (SSSR count). The molecule has 0 atom stereocenters. The number of nitrogens with one attached hydrogen (secondary N) is 1. The molecule has 1 fully saturated rings. The normalized spacial score (nSPS) is 16.4. The first-order valence-corrected chi connectivity index (χ1v) is 8.92. The number of benzene rings is 1. The van der Waals surface area contributed by atoms with Gasteiger partial charge < -0.3 is 14.5 Å². The molecule has 1 aliphatic carbocycles. The van der Waals surface area contributed by atoms with Crippen molar-refractivity contribution in [3.05, 3.63) is 41.6 Å². The standard InChI is InChI=1S/C19H25N3O3/c1-3-16-21-22-17(25-16)13-20-18(23)19(11-7-4-8-12-19)14-9-5-6-10-15(14)24-2/h5-6,9-10H,3-4,7-8,11-13H2,1-2H3,(H,20,23). The second kappa shape index (κ2) is 7.68. The van der Waals surface area contributed by atoms with E-state index >= 15 is 0 Å². The number of methoxy groups -OCH3 is 1. The summed E-state index contributed by atoms with van der Waals surface area (Å²) in [5.41, 5.74) is 0.410. The van der Waals surface area contributed by atoms with Crippen LogP contribution in [0.1, 0.15) is 56.4 Å². The van der Waals surface area contributed by atoms with Gasteiger partial charge in [-0.1, -0.05) is 44.4 Å².